The summed E-state index contributed by atoms with van der Waals surface area (Å²) >= 11 is 5.61. The van der Waals surface area contributed by atoms with Crippen LogP contribution in [0.5, 0.6) is 0 Å². The highest BCUT2D eigenvalue weighted by Gasteiger charge is 2.08. The highest BCUT2D eigenvalue weighted by atomic mass is 32.1. The summed E-state index contributed by atoms with van der Waals surface area (Å²) in [6.45, 7) is 3.87. The minimum atomic E-state index is 0.285. The lowest BCUT2D eigenvalue weighted by atomic mass is 10.3. The summed E-state index contributed by atoms with van der Waals surface area (Å²) in [6.07, 6.45) is 2.57. The molecule has 66 valence electrons. The van der Waals surface area contributed by atoms with Gasteiger partial charge in [0.1, 0.15) is 15.7 Å². The first-order valence-electron chi connectivity index (χ1n) is 3.71. The van der Waals surface area contributed by atoms with E-state index in [4.69, 9.17) is 0 Å². The number of hydrogen-bond acceptors (Lipinski definition) is 4. The van der Waals surface area contributed by atoms with Gasteiger partial charge in [-0.15, -0.1) is 24.0 Å². The standard InChI is InChI=1S/C8H11NOS2/c1-3-4-6(10)7-8(11)9-5(2)12-7/h4,10-11H,3H2,1-2H3/b6-4-. The Morgan fingerprint density at radius 3 is 2.83 bits per heavy atom. The van der Waals surface area contributed by atoms with Crippen LogP contribution in [-0.2, 0) is 0 Å². The fraction of sp³-hybridized carbons (Fsp3) is 0.375. The number of aromatic nitrogens is 1. The number of rotatable bonds is 2. The predicted octanol–water partition coefficient (Wildman–Crippen LogP) is 3.05. The predicted molar refractivity (Wildman–Crippen MR) is 55.0 cm³/mol. The normalized spacial score (nSPS) is 12.1. The zero-order valence-electron chi connectivity index (χ0n) is 7.03. The summed E-state index contributed by atoms with van der Waals surface area (Å²) in [4.78, 5) is 4.86. The third-order valence-electron chi connectivity index (χ3n) is 1.35. The molecule has 2 nitrogen and oxygen atoms in total. The molecule has 4 heteroatoms. The van der Waals surface area contributed by atoms with E-state index < -0.39 is 0 Å². The Balaban J connectivity index is 3.02. The van der Waals surface area contributed by atoms with E-state index in [0.717, 1.165) is 16.3 Å². The maximum absolute atomic E-state index is 9.50. The maximum Gasteiger partial charge on any atom is 0.131 e. The van der Waals surface area contributed by atoms with Gasteiger partial charge in [0.05, 0.1) is 5.01 Å². The Bertz CT molecular complexity index is 304. The zero-order valence-corrected chi connectivity index (χ0v) is 8.75. The summed E-state index contributed by atoms with van der Waals surface area (Å²) in [6, 6.07) is 0. The fourth-order valence-corrected chi connectivity index (χ4v) is 2.10. The first-order chi connectivity index (χ1) is 5.65. The largest absolute Gasteiger partial charge is 0.507 e. The summed E-state index contributed by atoms with van der Waals surface area (Å²) in [5, 5.41) is 11.0. The average Bonchev–Trinajstić information content (AvgIpc) is 2.30. The number of aliphatic hydroxyl groups excluding tert-OH is 1. The van der Waals surface area contributed by atoms with E-state index >= 15 is 0 Å². The molecule has 0 radical (unpaired) electrons. The van der Waals surface area contributed by atoms with Crippen molar-refractivity contribution in [2.24, 2.45) is 0 Å². The molecule has 1 aromatic heterocycles. The lowest BCUT2D eigenvalue weighted by Crippen LogP contribution is -1.78. The molecule has 0 saturated heterocycles. The molecule has 0 saturated carbocycles. The second-order valence-corrected chi connectivity index (χ2v) is 4.01. The van der Waals surface area contributed by atoms with Crippen LogP contribution in [0.1, 0.15) is 23.2 Å². The summed E-state index contributed by atoms with van der Waals surface area (Å²) in [5.74, 6) is 0.285. The van der Waals surface area contributed by atoms with Crippen molar-refractivity contribution >= 4 is 29.7 Å². The van der Waals surface area contributed by atoms with Crippen molar-refractivity contribution in [1.29, 1.82) is 0 Å². The summed E-state index contributed by atoms with van der Waals surface area (Å²) in [7, 11) is 0. The van der Waals surface area contributed by atoms with Gasteiger partial charge < -0.3 is 5.11 Å². The van der Waals surface area contributed by atoms with E-state index in [2.05, 4.69) is 17.6 Å². The molecule has 0 aromatic carbocycles. The molecule has 0 amide bonds. The van der Waals surface area contributed by atoms with Crippen molar-refractivity contribution in [3.8, 4) is 0 Å². The van der Waals surface area contributed by atoms with Crippen molar-refractivity contribution in [3.05, 3.63) is 16.0 Å². The van der Waals surface area contributed by atoms with Gasteiger partial charge in [0.2, 0.25) is 0 Å². The number of hydrogen-bond donors (Lipinski definition) is 2. The third-order valence-corrected chi connectivity index (χ3v) is 2.81. The van der Waals surface area contributed by atoms with Crippen LogP contribution in [0.25, 0.3) is 5.76 Å². The second kappa shape index (κ2) is 3.96. The van der Waals surface area contributed by atoms with Gasteiger partial charge in [-0.1, -0.05) is 6.92 Å². The topological polar surface area (TPSA) is 33.1 Å². The van der Waals surface area contributed by atoms with E-state index in [1.165, 1.54) is 11.3 Å². The van der Waals surface area contributed by atoms with Gasteiger partial charge in [-0.2, -0.15) is 0 Å². The minimum Gasteiger partial charge on any atom is -0.507 e. The summed E-state index contributed by atoms with van der Waals surface area (Å²) < 4.78 is 0. The SMILES string of the molecule is CC/C=C(\O)c1sc(C)nc1S. The molecule has 1 aromatic rings. The van der Waals surface area contributed by atoms with Crippen LogP contribution in [-0.4, -0.2) is 10.1 Å². The van der Waals surface area contributed by atoms with Crippen LogP contribution in [0, 0.1) is 6.92 Å². The molecule has 0 aliphatic carbocycles. The van der Waals surface area contributed by atoms with Crippen LogP contribution < -0.4 is 0 Å². The van der Waals surface area contributed by atoms with Crippen molar-refractivity contribution < 1.29 is 5.11 Å². The Labute approximate surface area is 81.4 Å². The van der Waals surface area contributed by atoms with Crippen LogP contribution >= 0.6 is 24.0 Å². The smallest absolute Gasteiger partial charge is 0.131 e. The number of nitrogens with zero attached hydrogens (tertiary/aromatic N) is 1. The van der Waals surface area contributed by atoms with E-state index in [-0.39, 0.29) is 5.76 Å². The van der Waals surface area contributed by atoms with Crippen molar-refractivity contribution in [2.45, 2.75) is 25.3 Å². The third kappa shape index (κ3) is 2.01. The molecule has 0 aliphatic heterocycles. The first-order valence-corrected chi connectivity index (χ1v) is 4.97. The van der Waals surface area contributed by atoms with Crippen LogP contribution in [0.2, 0.25) is 0 Å². The van der Waals surface area contributed by atoms with Gasteiger partial charge in [-0.25, -0.2) is 4.98 Å². The van der Waals surface area contributed by atoms with Crippen LogP contribution in [0.4, 0.5) is 0 Å². The molecule has 0 aliphatic rings. The number of thiol groups is 1. The van der Waals surface area contributed by atoms with Gasteiger partial charge in [0.15, 0.2) is 0 Å². The van der Waals surface area contributed by atoms with Gasteiger partial charge in [-0.3, -0.25) is 0 Å². The molecule has 0 unspecified atom stereocenters. The monoisotopic (exact) mass is 201 g/mol. The molecule has 0 fully saturated rings. The molecule has 1 heterocycles. The van der Waals surface area contributed by atoms with E-state index in [1.54, 1.807) is 6.08 Å². The molecular weight excluding hydrogens is 190 g/mol. The Hall–Kier alpha value is -0.480. The van der Waals surface area contributed by atoms with Crippen molar-refractivity contribution in [3.63, 3.8) is 0 Å². The quantitative estimate of drug-likeness (QED) is 0.569. The first kappa shape index (κ1) is 9.61. The molecule has 1 N–H and O–H groups in total. The fourth-order valence-electron chi connectivity index (χ4n) is 0.869. The average molecular weight is 201 g/mol. The Kier molecular flexibility index (Phi) is 3.17. The van der Waals surface area contributed by atoms with E-state index in [1.807, 2.05) is 13.8 Å². The summed E-state index contributed by atoms with van der Waals surface area (Å²) in [5.41, 5.74) is 0. The molecule has 1 rings (SSSR count). The molecule has 0 atom stereocenters. The number of aryl methyl sites for hydroxylation is 1. The molecule has 0 spiro atoms. The van der Waals surface area contributed by atoms with Gasteiger partial charge in [0.25, 0.3) is 0 Å². The Morgan fingerprint density at radius 2 is 2.42 bits per heavy atom. The maximum atomic E-state index is 9.50. The molecule has 12 heavy (non-hydrogen) atoms. The number of aliphatic hydroxyl groups is 1. The highest BCUT2D eigenvalue weighted by molar-refractivity contribution is 7.80. The van der Waals surface area contributed by atoms with Gasteiger partial charge >= 0.3 is 0 Å². The Morgan fingerprint density at radius 1 is 1.75 bits per heavy atom. The van der Waals surface area contributed by atoms with Gasteiger partial charge in [0, 0.05) is 0 Å². The van der Waals surface area contributed by atoms with E-state index in [9.17, 15) is 5.11 Å². The minimum absolute atomic E-state index is 0.285. The molecule has 0 bridgehead atoms. The molecular formula is C8H11NOS2. The van der Waals surface area contributed by atoms with E-state index in [0.29, 0.717) is 5.03 Å². The van der Waals surface area contributed by atoms with Crippen molar-refractivity contribution in [1.82, 2.24) is 4.98 Å². The second-order valence-electron chi connectivity index (χ2n) is 2.38. The number of thiazole rings is 1. The lowest BCUT2D eigenvalue weighted by Gasteiger charge is -1.94. The van der Waals surface area contributed by atoms with Crippen LogP contribution in [0.15, 0.2) is 11.1 Å². The van der Waals surface area contributed by atoms with Gasteiger partial charge in [-0.05, 0) is 19.4 Å². The lowest BCUT2D eigenvalue weighted by molar-refractivity contribution is 0.509. The highest BCUT2D eigenvalue weighted by Crippen LogP contribution is 2.26. The van der Waals surface area contributed by atoms with Crippen LogP contribution in [0.3, 0.4) is 0 Å². The number of allylic oxidation sites excluding steroid dienone is 1. The zero-order chi connectivity index (χ0) is 9.14. The van der Waals surface area contributed by atoms with Crippen molar-refractivity contribution in [2.75, 3.05) is 0 Å².